The Bertz CT molecular complexity index is 271. The van der Waals surface area contributed by atoms with Crippen LogP contribution in [0.25, 0.3) is 0 Å². The highest BCUT2D eigenvalue weighted by atomic mass is 16.6. The van der Waals surface area contributed by atoms with Crippen LogP contribution in [-0.4, -0.2) is 36.2 Å². The average molecular weight is 242 g/mol. The first kappa shape index (κ1) is 14.3. The lowest BCUT2D eigenvalue weighted by Gasteiger charge is -2.24. The summed E-state index contributed by atoms with van der Waals surface area (Å²) in [5.74, 6) is 1.45. The number of likely N-dealkylation sites (tertiary alicyclic amines) is 1. The highest BCUT2D eigenvalue weighted by Gasteiger charge is 2.37. The van der Waals surface area contributed by atoms with Crippen molar-refractivity contribution in [3.63, 3.8) is 0 Å². The summed E-state index contributed by atoms with van der Waals surface area (Å²) in [6, 6.07) is 0. The summed E-state index contributed by atoms with van der Waals surface area (Å²) >= 11 is 0. The molecule has 2 unspecified atom stereocenters. The van der Waals surface area contributed by atoms with Gasteiger partial charge in [0.1, 0.15) is 5.60 Å². The maximum atomic E-state index is 12.0. The zero-order chi connectivity index (χ0) is 13.2. The molecule has 1 heterocycles. The van der Waals surface area contributed by atoms with E-state index >= 15 is 0 Å². The van der Waals surface area contributed by atoms with Crippen LogP contribution < -0.4 is 5.73 Å². The van der Waals surface area contributed by atoms with Gasteiger partial charge in [0.2, 0.25) is 0 Å². The van der Waals surface area contributed by atoms with Crippen molar-refractivity contribution in [3.8, 4) is 0 Å². The highest BCUT2D eigenvalue weighted by molar-refractivity contribution is 5.68. The third-order valence-electron chi connectivity index (χ3n) is 3.30. The number of hydrogen-bond acceptors (Lipinski definition) is 3. The highest BCUT2D eigenvalue weighted by Crippen LogP contribution is 2.29. The van der Waals surface area contributed by atoms with Gasteiger partial charge in [0, 0.05) is 13.1 Å². The second-order valence-corrected chi connectivity index (χ2v) is 6.29. The van der Waals surface area contributed by atoms with E-state index in [1.807, 2.05) is 20.8 Å². The van der Waals surface area contributed by atoms with Crippen LogP contribution in [0.4, 0.5) is 4.79 Å². The number of rotatable bonds is 2. The number of amides is 1. The molecule has 4 nitrogen and oxygen atoms in total. The molecule has 0 saturated carbocycles. The molecule has 0 aromatic heterocycles. The smallest absolute Gasteiger partial charge is 0.410 e. The zero-order valence-corrected chi connectivity index (χ0v) is 11.7. The third-order valence-corrected chi connectivity index (χ3v) is 3.30. The lowest BCUT2D eigenvalue weighted by Crippen LogP contribution is -2.36. The lowest BCUT2D eigenvalue weighted by molar-refractivity contribution is 0.0282. The van der Waals surface area contributed by atoms with Gasteiger partial charge in [0.15, 0.2) is 0 Å². The molecule has 2 N–H and O–H groups in total. The van der Waals surface area contributed by atoms with Crippen LogP contribution in [0.15, 0.2) is 0 Å². The van der Waals surface area contributed by atoms with Gasteiger partial charge >= 0.3 is 6.09 Å². The summed E-state index contributed by atoms with van der Waals surface area (Å²) < 4.78 is 5.39. The van der Waals surface area contributed by atoms with Gasteiger partial charge in [-0.25, -0.2) is 4.79 Å². The van der Waals surface area contributed by atoms with E-state index in [1.54, 1.807) is 4.90 Å². The van der Waals surface area contributed by atoms with Gasteiger partial charge in [-0.1, -0.05) is 13.8 Å². The Labute approximate surface area is 104 Å². The minimum absolute atomic E-state index is 0.209. The molecular weight excluding hydrogens is 216 g/mol. The Morgan fingerprint density at radius 1 is 1.41 bits per heavy atom. The van der Waals surface area contributed by atoms with Gasteiger partial charge in [-0.05, 0) is 45.1 Å². The number of ether oxygens (including phenoxy) is 1. The predicted octanol–water partition coefficient (Wildman–Crippen LogP) is 2.08. The van der Waals surface area contributed by atoms with Crippen LogP contribution in [0.3, 0.4) is 0 Å². The van der Waals surface area contributed by atoms with Crippen LogP contribution >= 0.6 is 0 Å². The van der Waals surface area contributed by atoms with Crippen molar-refractivity contribution in [2.45, 2.75) is 40.2 Å². The summed E-state index contributed by atoms with van der Waals surface area (Å²) in [5.41, 5.74) is 5.35. The second-order valence-electron chi connectivity index (χ2n) is 6.29. The molecule has 4 heteroatoms. The zero-order valence-electron chi connectivity index (χ0n) is 11.7. The van der Waals surface area contributed by atoms with Crippen molar-refractivity contribution < 1.29 is 9.53 Å². The Kier molecular flexibility index (Phi) is 4.42. The van der Waals surface area contributed by atoms with Crippen molar-refractivity contribution in [1.82, 2.24) is 4.90 Å². The SMILES string of the molecule is CC(C)C1CN(C(=O)OC(C)(C)C)CC1CN. The Morgan fingerprint density at radius 3 is 2.35 bits per heavy atom. The molecule has 2 atom stereocenters. The predicted molar refractivity (Wildman–Crippen MR) is 68.7 cm³/mol. The molecule has 1 rings (SSSR count). The van der Waals surface area contributed by atoms with Gasteiger partial charge < -0.3 is 15.4 Å². The van der Waals surface area contributed by atoms with Crippen LogP contribution in [-0.2, 0) is 4.74 Å². The van der Waals surface area contributed by atoms with Gasteiger partial charge in [-0.3, -0.25) is 0 Å². The van der Waals surface area contributed by atoms with Gasteiger partial charge in [0.05, 0.1) is 0 Å². The number of carbonyl (C=O) groups is 1. The molecule has 0 spiro atoms. The largest absolute Gasteiger partial charge is 0.444 e. The fourth-order valence-electron chi connectivity index (χ4n) is 2.38. The summed E-state index contributed by atoms with van der Waals surface area (Å²) in [4.78, 5) is 13.8. The van der Waals surface area contributed by atoms with E-state index in [0.29, 0.717) is 24.3 Å². The molecule has 1 amide bonds. The molecule has 0 radical (unpaired) electrons. The van der Waals surface area contributed by atoms with Crippen LogP contribution in [0.1, 0.15) is 34.6 Å². The number of hydrogen-bond donors (Lipinski definition) is 1. The van der Waals surface area contributed by atoms with E-state index in [0.717, 1.165) is 13.1 Å². The molecule has 0 aromatic rings. The van der Waals surface area contributed by atoms with Crippen molar-refractivity contribution in [3.05, 3.63) is 0 Å². The minimum atomic E-state index is -0.425. The minimum Gasteiger partial charge on any atom is -0.444 e. The van der Waals surface area contributed by atoms with E-state index in [4.69, 9.17) is 10.5 Å². The van der Waals surface area contributed by atoms with Crippen LogP contribution in [0.2, 0.25) is 0 Å². The summed E-state index contributed by atoms with van der Waals surface area (Å²) in [6.07, 6.45) is -0.209. The van der Waals surface area contributed by atoms with Crippen molar-refractivity contribution in [2.75, 3.05) is 19.6 Å². The molecule has 17 heavy (non-hydrogen) atoms. The maximum absolute atomic E-state index is 12.0. The molecule has 0 aromatic carbocycles. The molecule has 1 aliphatic heterocycles. The van der Waals surface area contributed by atoms with Gasteiger partial charge in [-0.2, -0.15) is 0 Å². The van der Waals surface area contributed by atoms with E-state index in [1.165, 1.54) is 0 Å². The fraction of sp³-hybridized carbons (Fsp3) is 0.923. The summed E-state index contributed by atoms with van der Waals surface area (Å²) in [6.45, 7) is 12.2. The molecule has 100 valence electrons. The van der Waals surface area contributed by atoms with E-state index in [-0.39, 0.29) is 6.09 Å². The topological polar surface area (TPSA) is 55.6 Å². The second kappa shape index (κ2) is 5.25. The Hall–Kier alpha value is -0.770. The van der Waals surface area contributed by atoms with Crippen molar-refractivity contribution in [1.29, 1.82) is 0 Å². The molecule has 1 fully saturated rings. The molecule has 1 aliphatic rings. The van der Waals surface area contributed by atoms with Crippen LogP contribution in [0.5, 0.6) is 0 Å². The molecule has 0 bridgehead atoms. The quantitative estimate of drug-likeness (QED) is 0.806. The molecule has 1 saturated heterocycles. The first-order chi connectivity index (χ1) is 7.74. The Balaban J connectivity index is 2.61. The first-order valence-corrected chi connectivity index (χ1v) is 6.42. The fourth-order valence-corrected chi connectivity index (χ4v) is 2.38. The van der Waals surface area contributed by atoms with Crippen LogP contribution in [0, 0.1) is 17.8 Å². The monoisotopic (exact) mass is 242 g/mol. The van der Waals surface area contributed by atoms with E-state index < -0.39 is 5.60 Å². The lowest BCUT2D eigenvalue weighted by atomic mass is 9.86. The normalized spacial score (nSPS) is 25.5. The standard InChI is InChI=1S/C13H26N2O2/c1-9(2)11-8-15(7-10(11)6-14)12(16)17-13(3,4)5/h9-11H,6-8,14H2,1-5H3. The van der Waals surface area contributed by atoms with Crippen molar-refractivity contribution >= 4 is 6.09 Å². The molecular formula is C13H26N2O2. The molecule has 0 aliphatic carbocycles. The summed E-state index contributed by atoms with van der Waals surface area (Å²) in [7, 11) is 0. The number of nitrogens with two attached hydrogens (primary N) is 1. The third kappa shape index (κ3) is 3.87. The first-order valence-electron chi connectivity index (χ1n) is 6.42. The van der Waals surface area contributed by atoms with Crippen molar-refractivity contribution in [2.24, 2.45) is 23.5 Å². The summed E-state index contributed by atoms with van der Waals surface area (Å²) in [5, 5.41) is 0. The number of nitrogens with zero attached hydrogens (tertiary/aromatic N) is 1. The van der Waals surface area contributed by atoms with E-state index in [2.05, 4.69) is 13.8 Å². The van der Waals surface area contributed by atoms with E-state index in [9.17, 15) is 4.79 Å². The van der Waals surface area contributed by atoms with Gasteiger partial charge in [-0.15, -0.1) is 0 Å². The number of carbonyl (C=O) groups excluding carboxylic acids is 1. The Morgan fingerprint density at radius 2 is 2.00 bits per heavy atom. The average Bonchev–Trinajstić information content (AvgIpc) is 2.58. The maximum Gasteiger partial charge on any atom is 0.410 e. The van der Waals surface area contributed by atoms with Gasteiger partial charge in [0.25, 0.3) is 0 Å².